The van der Waals surface area contributed by atoms with Crippen molar-refractivity contribution in [1.82, 2.24) is 0 Å². The van der Waals surface area contributed by atoms with Crippen LogP contribution in [0.15, 0.2) is 36.4 Å². The van der Waals surface area contributed by atoms with Gasteiger partial charge in [-0.1, -0.05) is 71.7 Å². The third-order valence-electron chi connectivity index (χ3n) is 4.40. The van der Waals surface area contributed by atoms with Crippen LogP contribution in [0.1, 0.15) is 64.4 Å². The van der Waals surface area contributed by atoms with Crippen molar-refractivity contribution in [3.63, 3.8) is 0 Å². The van der Waals surface area contributed by atoms with Crippen molar-refractivity contribution in [2.24, 2.45) is 0 Å². The summed E-state index contributed by atoms with van der Waals surface area (Å²) < 4.78 is 0. The van der Waals surface area contributed by atoms with E-state index in [1.54, 1.807) is 0 Å². The summed E-state index contributed by atoms with van der Waals surface area (Å²) in [5.41, 5.74) is 8.22. The molecule has 2 atom stereocenters. The topological polar surface area (TPSA) is 0 Å². The number of hydrogen-bond donors (Lipinski definition) is 0. The number of rotatable bonds is 4. The van der Waals surface area contributed by atoms with Crippen LogP contribution in [-0.2, 0) is 0 Å². The number of benzene rings is 2. The second-order valence-corrected chi connectivity index (χ2v) is 7.07. The molecule has 0 aliphatic heterocycles. The first kappa shape index (κ1) is 16.3. The minimum atomic E-state index is 0.268. The van der Waals surface area contributed by atoms with Gasteiger partial charge in [0.15, 0.2) is 0 Å². The number of alkyl halides is 1. The highest BCUT2D eigenvalue weighted by atomic mass is 79.9. The Hall–Kier alpha value is -1.08. The normalized spacial score (nSPS) is 14.0. The molecule has 2 aromatic rings. The number of aryl methyl sites for hydroxylation is 3. The first-order chi connectivity index (χ1) is 9.93. The van der Waals surface area contributed by atoms with E-state index in [-0.39, 0.29) is 4.83 Å². The van der Waals surface area contributed by atoms with Crippen LogP contribution in [0.3, 0.4) is 0 Å². The smallest absolute Gasteiger partial charge is 0.0649 e. The Morgan fingerprint density at radius 2 is 1.38 bits per heavy atom. The quantitative estimate of drug-likeness (QED) is 0.547. The lowest BCUT2D eigenvalue weighted by Crippen LogP contribution is -2.01. The molecule has 0 nitrogen and oxygen atoms in total. The van der Waals surface area contributed by atoms with Crippen LogP contribution in [0.5, 0.6) is 0 Å². The molecule has 0 aromatic heterocycles. The van der Waals surface area contributed by atoms with E-state index in [2.05, 4.69) is 86.9 Å². The van der Waals surface area contributed by atoms with Crippen LogP contribution < -0.4 is 0 Å². The third kappa shape index (κ3) is 3.58. The van der Waals surface area contributed by atoms with Gasteiger partial charge >= 0.3 is 0 Å². The van der Waals surface area contributed by atoms with E-state index in [0.29, 0.717) is 5.92 Å². The van der Waals surface area contributed by atoms with E-state index >= 15 is 0 Å². The van der Waals surface area contributed by atoms with Gasteiger partial charge in [0.2, 0.25) is 0 Å². The fraction of sp³-hybridized carbons (Fsp3) is 0.400. The van der Waals surface area contributed by atoms with E-state index in [4.69, 9.17) is 0 Å². The van der Waals surface area contributed by atoms with Crippen molar-refractivity contribution in [1.29, 1.82) is 0 Å². The standard InChI is InChI=1S/C20H25Br/c1-6-14(3)17-7-9-18(10-8-17)20(21)19-15(4)11-13(2)12-16(19)5/h7-12,14,20H,6H2,1-5H3. The van der Waals surface area contributed by atoms with Crippen LogP contribution in [0, 0.1) is 20.8 Å². The zero-order valence-corrected chi connectivity index (χ0v) is 15.3. The van der Waals surface area contributed by atoms with Gasteiger partial charge in [-0.3, -0.25) is 0 Å². The molecule has 2 rings (SSSR count). The summed E-state index contributed by atoms with van der Waals surface area (Å²) >= 11 is 3.90. The summed E-state index contributed by atoms with van der Waals surface area (Å²) in [5, 5.41) is 0. The first-order valence-electron chi connectivity index (χ1n) is 7.75. The Morgan fingerprint density at radius 1 is 0.905 bits per heavy atom. The second kappa shape index (κ2) is 6.79. The molecule has 1 heteroatoms. The maximum atomic E-state index is 3.90. The van der Waals surface area contributed by atoms with Crippen molar-refractivity contribution >= 4 is 15.9 Å². The SMILES string of the molecule is CCC(C)c1ccc(C(Br)c2c(C)cc(C)cc2C)cc1. The molecule has 0 spiro atoms. The first-order valence-corrected chi connectivity index (χ1v) is 8.67. The van der Waals surface area contributed by atoms with Gasteiger partial charge in [0, 0.05) is 0 Å². The van der Waals surface area contributed by atoms with Crippen LogP contribution >= 0.6 is 15.9 Å². The number of halogens is 1. The molecule has 0 heterocycles. The fourth-order valence-corrected chi connectivity index (χ4v) is 4.01. The molecule has 21 heavy (non-hydrogen) atoms. The van der Waals surface area contributed by atoms with Gasteiger partial charge in [0.1, 0.15) is 0 Å². The van der Waals surface area contributed by atoms with Gasteiger partial charge < -0.3 is 0 Å². The van der Waals surface area contributed by atoms with Crippen molar-refractivity contribution in [3.8, 4) is 0 Å². The molecular weight excluding hydrogens is 320 g/mol. The number of hydrogen-bond acceptors (Lipinski definition) is 0. The average molecular weight is 345 g/mol. The highest BCUT2D eigenvalue weighted by Gasteiger charge is 2.16. The van der Waals surface area contributed by atoms with Gasteiger partial charge in [-0.15, -0.1) is 0 Å². The van der Waals surface area contributed by atoms with E-state index < -0.39 is 0 Å². The van der Waals surface area contributed by atoms with Crippen molar-refractivity contribution in [2.75, 3.05) is 0 Å². The summed E-state index contributed by atoms with van der Waals surface area (Å²) in [5.74, 6) is 0.635. The van der Waals surface area contributed by atoms with E-state index in [1.165, 1.54) is 39.8 Å². The third-order valence-corrected chi connectivity index (χ3v) is 5.39. The summed E-state index contributed by atoms with van der Waals surface area (Å²) in [6.45, 7) is 11.1. The zero-order valence-electron chi connectivity index (χ0n) is 13.7. The monoisotopic (exact) mass is 344 g/mol. The van der Waals surface area contributed by atoms with Crippen LogP contribution in [-0.4, -0.2) is 0 Å². The molecule has 0 aliphatic rings. The lowest BCUT2D eigenvalue weighted by Gasteiger charge is -2.18. The van der Waals surface area contributed by atoms with Gasteiger partial charge in [-0.25, -0.2) is 0 Å². The molecule has 0 fully saturated rings. The summed E-state index contributed by atoms with van der Waals surface area (Å²) in [4.78, 5) is 0.268. The van der Waals surface area contributed by atoms with Gasteiger partial charge in [-0.05, 0) is 60.9 Å². The second-order valence-electron chi connectivity index (χ2n) is 6.15. The van der Waals surface area contributed by atoms with Crippen LogP contribution in [0.4, 0.5) is 0 Å². The molecule has 112 valence electrons. The molecule has 0 amide bonds. The van der Waals surface area contributed by atoms with Crippen LogP contribution in [0.2, 0.25) is 0 Å². The maximum absolute atomic E-state index is 3.90. The van der Waals surface area contributed by atoms with Gasteiger partial charge in [0.05, 0.1) is 4.83 Å². The Morgan fingerprint density at radius 3 is 1.86 bits per heavy atom. The van der Waals surface area contributed by atoms with E-state index in [1.807, 2.05) is 0 Å². The molecule has 0 N–H and O–H groups in total. The summed E-state index contributed by atoms with van der Waals surface area (Å²) in [6.07, 6.45) is 1.19. The Balaban J connectivity index is 2.34. The summed E-state index contributed by atoms with van der Waals surface area (Å²) in [6, 6.07) is 13.6. The van der Waals surface area contributed by atoms with Crippen molar-refractivity contribution < 1.29 is 0 Å². The molecule has 0 saturated carbocycles. The highest BCUT2D eigenvalue weighted by Crippen LogP contribution is 2.36. The predicted molar refractivity (Wildman–Crippen MR) is 96.6 cm³/mol. The Bertz CT molecular complexity index is 587. The Labute approximate surface area is 137 Å². The molecule has 0 radical (unpaired) electrons. The average Bonchev–Trinajstić information content (AvgIpc) is 2.45. The summed E-state index contributed by atoms with van der Waals surface area (Å²) in [7, 11) is 0. The van der Waals surface area contributed by atoms with E-state index in [0.717, 1.165) is 0 Å². The predicted octanol–water partition coefficient (Wildman–Crippen LogP) is 6.61. The minimum absolute atomic E-state index is 0.268. The van der Waals surface area contributed by atoms with Gasteiger partial charge in [-0.2, -0.15) is 0 Å². The van der Waals surface area contributed by atoms with E-state index in [9.17, 15) is 0 Å². The zero-order chi connectivity index (χ0) is 15.6. The molecule has 2 unspecified atom stereocenters. The molecular formula is C20H25Br. The Kier molecular flexibility index (Phi) is 5.27. The molecule has 0 bridgehead atoms. The lowest BCUT2D eigenvalue weighted by molar-refractivity contribution is 0.733. The highest BCUT2D eigenvalue weighted by molar-refractivity contribution is 9.09. The van der Waals surface area contributed by atoms with Gasteiger partial charge in [0.25, 0.3) is 0 Å². The lowest BCUT2D eigenvalue weighted by atomic mass is 9.92. The van der Waals surface area contributed by atoms with Crippen molar-refractivity contribution in [3.05, 3.63) is 69.8 Å². The minimum Gasteiger partial charge on any atom is -0.0786 e. The molecule has 2 aromatic carbocycles. The molecule has 0 saturated heterocycles. The maximum Gasteiger partial charge on any atom is 0.0649 e. The van der Waals surface area contributed by atoms with Crippen molar-refractivity contribution in [2.45, 2.75) is 51.8 Å². The molecule has 0 aliphatic carbocycles. The fourth-order valence-electron chi connectivity index (χ4n) is 2.99. The van der Waals surface area contributed by atoms with Crippen LogP contribution in [0.25, 0.3) is 0 Å². The largest absolute Gasteiger partial charge is 0.0786 e.